The van der Waals surface area contributed by atoms with Crippen LogP contribution in [0.2, 0.25) is 0 Å². The normalized spacial score (nSPS) is 34.5. The van der Waals surface area contributed by atoms with Gasteiger partial charge in [-0.15, -0.1) is 0 Å². The lowest BCUT2D eigenvalue weighted by Gasteiger charge is -2.14. The Bertz CT molecular complexity index is 394. The van der Waals surface area contributed by atoms with E-state index in [-0.39, 0.29) is 0 Å². The molecule has 1 atom stereocenters. The van der Waals surface area contributed by atoms with Gasteiger partial charge in [0.2, 0.25) is 0 Å². The number of allylic oxidation sites excluding steroid dienone is 9. The van der Waals surface area contributed by atoms with E-state index in [0.717, 1.165) is 11.6 Å². The zero-order valence-corrected chi connectivity index (χ0v) is 10.3. The van der Waals surface area contributed by atoms with Gasteiger partial charge in [-0.3, -0.25) is 0 Å². The van der Waals surface area contributed by atoms with E-state index in [1.165, 1.54) is 37.7 Å². The van der Waals surface area contributed by atoms with E-state index in [0.29, 0.717) is 0 Å². The van der Waals surface area contributed by atoms with Crippen molar-refractivity contribution < 1.29 is 0 Å². The van der Waals surface area contributed by atoms with Crippen molar-refractivity contribution in [3.8, 4) is 0 Å². The molecular formula is C16H21N. The van der Waals surface area contributed by atoms with E-state index >= 15 is 0 Å². The molecule has 2 rings (SSSR count). The second-order valence-electron chi connectivity index (χ2n) is 4.83. The Balaban J connectivity index is 1.96. The van der Waals surface area contributed by atoms with Crippen LogP contribution in [0.3, 0.4) is 0 Å². The maximum absolute atomic E-state index is 5.74. The van der Waals surface area contributed by atoms with Gasteiger partial charge in [0.1, 0.15) is 0 Å². The summed E-state index contributed by atoms with van der Waals surface area (Å²) in [6, 6.07) is 0. The smallest absolute Gasteiger partial charge is 0.0313 e. The van der Waals surface area contributed by atoms with E-state index in [4.69, 9.17) is 5.73 Å². The molecule has 0 heterocycles. The number of nitrogens with two attached hydrogens (primary N) is 1. The van der Waals surface area contributed by atoms with Gasteiger partial charge in [0.15, 0.2) is 0 Å². The first-order chi connectivity index (χ1) is 8.34. The van der Waals surface area contributed by atoms with Crippen LogP contribution in [-0.2, 0) is 0 Å². The minimum atomic E-state index is 0.804. The molecule has 0 radical (unpaired) electrons. The summed E-state index contributed by atoms with van der Waals surface area (Å²) in [7, 11) is 0. The Labute approximate surface area is 104 Å². The molecule has 1 nitrogen and oxygen atoms in total. The zero-order chi connectivity index (χ0) is 11.9. The first-order valence-electron chi connectivity index (χ1n) is 6.50. The quantitative estimate of drug-likeness (QED) is 0.708. The summed E-state index contributed by atoms with van der Waals surface area (Å²) in [5, 5.41) is 0. The molecule has 17 heavy (non-hydrogen) atoms. The number of hydrogen-bond acceptors (Lipinski definition) is 1. The second kappa shape index (κ2) is 6.29. The molecule has 0 spiro atoms. The molecule has 0 aliphatic heterocycles. The van der Waals surface area contributed by atoms with Crippen LogP contribution in [0.15, 0.2) is 59.9 Å². The van der Waals surface area contributed by atoms with Crippen molar-refractivity contribution in [3.05, 3.63) is 59.9 Å². The highest BCUT2D eigenvalue weighted by molar-refractivity contribution is 5.34. The van der Waals surface area contributed by atoms with Crippen LogP contribution in [-0.4, -0.2) is 0 Å². The van der Waals surface area contributed by atoms with E-state index in [9.17, 15) is 0 Å². The molecule has 1 heteroatoms. The number of rotatable bonds is 2. The lowest BCUT2D eigenvalue weighted by molar-refractivity contribution is 0.485. The molecule has 90 valence electrons. The van der Waals surface area contributed by atoms with Crippen LogP contribution >= 0.6 is 0 Å². The van der Waals surface area contributed by atoms with Crippen LogP contribution in [0.25, 0.3) is 0 Å². The van der Waals surface area contributed by atoms with Gasteiger partial charge in [-0.25, -0.2) is 0 Å². The average molecular weight is 227 g/mol. The molecule has 0 aromatic heterocycles. The maximum Gasteiger partial charge on any atom is 0.0313 e. The first-order valence-corrected chi connectivity index (χ1v) is 6.50. The van der Waals surface area contributed by atoms with Crippen LogP contribution in [0, 0.1) is 5.92 Å². The summed E-state index contributed by atoms with van der Waals surface area (Å²) in [6.07, 6.45) is 23.4. The van der Waals surface area contributed by atoms with Crippen LogP contribution in [0.4, 0.5) is 0 Å². The van der Waals surface area contributed by atoms with Gasteiger partial charge in [0.25, 0.3) is 0 Å². The van der Waals surface area contributed by atoms with Crippen molar-refractivity contribution >= 4 is 0 Å². The lowest BCUT2D eigenvalue weighted by atomic mass is 9.92. The molecule has 0 fully saturated rings. The Morgan fingerprint density at radius 3 is 2.94 bits per heavy atom. The molecule has 2 aliphatic carbocycles. The van der Waals surface area contributed by atoms with Crippen molar-refractivity contribution in [2.75, 3.05) is 0 Å². The fourth-order valence-electron chi connectivity index (χ4n) is 2.38. The van der Waals surface area contributed by atoms with Crippen molar-refractivity contribution in [1.82, 2.24) is 0 Å². The van der Waals surface area contributed by atoms with Crippen LogP contribution in [0.5, 0.6) is 0 Å². The third-order valence-corrected chi connectivity index (χ3v) is 3.34. The highest BCUT2D eigenvalue weighted by Gasteiger charge is 2.10. The predicted octanol–water partition coefficient (Wildman–Crippen LogP) is 4.02. The Hall–Kier alpha value is -1.50. The van der Waals surface area contributed by atoms with Crippen molar-refractivity contribution in [2.45, 2.75) is 32.1 Å². The fourth-order valence-corrected chi connectivity index (χ4v) is 2.38. The highest BCUT2D eigenvalue weighted by atomic mass is 14.5. The Morgan fingerprint density at radius 2 is 2.00 bits per heavy atom. The van der Waals surface area contributed by atoms with Crippen molar-refractivity contribution in [3.63, 3.8) is 0 Å². The van der Waals surface area contributed by atoms with Crippen LogP contribution in [0.1, 0.15) is 32.1 Å². The van der Waals surface area contributed by atoms with Gasteiger partial charge in [0, 0.05) is 5.70 Å². The second-order valence-corrected chi connectivity index (χ2v) is 4.83. The van der Waals surface area contributed by atoms with E-state index in [1.807, 2.05) is 12.2 Å². The molecule has 0 aromatic rings. The molecule has 1 unspecified atom stereocenters. The molecule has 0 aromatic carbocycles. The SMILES string of the molecule is NC1=C/C=C\C(CC2CC=CCCC2)=C/C=C\1. The van der Waals surface area contributed by atoms with E-state index in [1.54, 1.807) is 0 Å². The summed E-state index contributed by atoms with van der Waals surface area (Å²) in [4.78, 5) is 0. The van der Waals surface area contributed by atoms with Gasteiger partial charge in [-0.2, -0.15) is 0 Å². The first kappa shape index (κ1) is 12.0. The third-order valence-electron chi connectivity index (χ3n) is 3.34. The zero-order valence-electron chi connectivity index (χ0n) is 10.3. The monoisotopic (exact) mass is 227 g/mol. The van der Waals surface area contributed by atoms with Gasteiger partial charge >= 0.3 is 0 Å². The molecular weight excluding hydrogens is 206 g/mol. The average Bonchev–Trinajstić information content (AvgIpc) is 2.54. The topological polar surface area (TPSA) is 26.0 Å². The van der Waals surface area contributed by atoms with Crippen molar-refractivity contribution in [1.29, 1.82) is 0 Å². The molecule has 0 saturated heterocycles. The fraction of sp³-hybridized carbons (Fsp3) is 0.375. The van der Waals surface area contributed by atoms with Crippen LogP contribution < -0.4 is 5.73 Å². The molecule has 0 bridgehead atoms. The molecule has 2 N–H and O–H groups in total. The highest BCUT2D eigenvalue weighted by Crippen LogP contribution is 2.25. The van der Waals surface area contributed by atoms with Crippen molar-refractivity contribution in [2.24, 2.45) is 11.7 Å². The molecule has 0 saturated carbocycles. The van der Waals surface area contributed by atoms with Gasteiger partial charge in [-0.1, -0.05) is 36.5 Å². The van der Waals surface area contributed by atoms with Gasteiger partial charge in [-0.05, 0) is 55.7 Å². The Morgan fingerprint density at radius 1 is 1.12 bits per heavy atom. The minimum absolute atomic E-state index is 0.804. The summed E-state index contributed by atoms with van der Waals surface area (Å²) in [6.45, 7) is 0. The van der Waals surface area contributed by atoms with E-state index < -0.39 is 0 Å². The largest absolute Gasteiger partial charge is 0.399 e. The van der Waals surface area contributed by atoms with E-state index in [2.05, 4.69) is 36.5 Å². The minimum Gasteiger partial charge on any atom is -0.399 e. The standard InChI is InChI=1S/C16H21N/c17-16-11-5-9-15(10-6-12-16)13-14-7-3-1-2-4-8-14/h1,3,5-6,9-12,14H,2,4,7-8,13,17H2/b9-5-,10-6?,11-5?,12-6-,15-9?,15-10+,16-11+,16-12?. The third kappa shape index (κ3) is 4.10. The molecule has 2 aliphatic rings. The maximum atomic E-state index is 5.74. The Kier molecular flexibility index (Phi) is 4.43. The molecule has 0 amide bonds. The predicted molar refractivity (Wildman–Crippen MR) is 74.3 cm³/mol. The van der Waals surface area contributed by atoms with Gasteiger partial charge in [0.05, 0.1) is 0 Å². The summed E-state index contributed by atoms with van der Waals surface area (Å²) in [5.41, 5.74) is 7.96. The summed E-state index contributed by atoms with van der Waals surface area (Å²) < 4.78 is 0. The van der Waals surface area contributed by atoms with Gasteiger partial charge < -0.3 is 5.73 Å². The lowest BCUT2D eigenvalue weighted by Crippen LogP contribution is -2.00. The summed E-state index contributed by atoms with van der Waals surface area (Å²) in [5.74, 6) is 0.804. The number of hydrogen-bond donors (Lipinski definition) is 1. The summed E-state index contributed by atoms with van der Waals surface area (Å²) >= 11 is 0.